The van der Waals surface area contributed by atoms with Crippen LogP contribution in [0.5, 0.6) is 0 Å². The van der Waals surface area contributed by atoms with E-state index in [0.29, 0.717) is 30.2 Å². The molecule has 4 nitrogen and oxygen atoms in total. The Bertz CT molecular complexity index is 598. The SMILES string of the molecule is NCCN/C1=C/C=c2/[nH]c(C(F)(F)F)n/c2=C/CCC1. The van der Waals surface area contributed by atoms with Crippen molar-refractivity contribution in [1.29, 1.82) is 0 Å². The second kappa shape index (κ2) is 6.13. The Morgan fingerprint density at radius 3 is 2.85 bits per heavy atom. The first kappa shape index (κ1) is 14.6. The fraction of sp³-hybridized carbons (Fsp3) is 0.462. The van der Waals surface area contributed by atoms with Gasteiger partial charge in [-0.2, -0.15) is 13.2 Å². The van der Waals surface area contributed by atoms with Crippen LogP contribution >= 0.6 is 0 Å². The lowest BCUT2D eigenvalue weighted by Gasteiger charge is -2.08. The highest BCUT2D eigenvalue weighted by Crippen LogP contribution is 2.24. The predicted molar refractivity (Wildman–Crippen MR) is 70.8 cm³/mol. The number of aromatic nitrogens is 2. The molecule has 1 aromatic rings. The molecule has 0 aliphatic heterocycles. The zero-order chi connectivity index (χ0) is 14.6. The Hall–Kier alpha value is -1.76. The molecule has 0 saturated carbocycles. The van der Waals surface area contributed by atoms with Gasteiger partial charge in [-0.05, 0) is 31.4 Å². The van der Waals surface area contributed by atoms with Gasteiger partial charge >= 0.3 is 6.18 Å². The number of hydrogen-bond acceptors (Lipinski definition) is 3. The van der Waals surface area contributed by atoms with Crippen LogP contribution in [0, 0.1) is 0 Å². The van der Waals surface area contributed by atoms with Crippen LogP contribution in [-0.4, -0.2) is 23.1 Å². The second-order valence-electron chi connectivity index (χ2n) is 4.55. The van der Waals surface area contributed by atoms with Crippen molar-refractivity contribution in [3.63, 3.8) is 0 Å². The van der Waals surface area contributed by atoms with Gasteiger partial charge in [-0.25, -0.2) is 4.98 Å². The maximum absolute atomic E-state index is 12.6. The summed E-state index contributed by atoms with van der Waals surface area (Å²) >= 11 is 0. The van der Waals surface area contributed by atoms with E-state index in [1.165, 1.54) is 0 Å². The number of nitrogens with two attached hydrogens (primary N) is 1. The Kier molecular flexibility index (Phi) is 4.49. The van der Waals surface area contributed by atoms with Crippen LogP contribution < -0.4 is 21.7 Å². The maximum atomic E-state index is 12.6. The van der Waals surface area contributed by atoms with Gasteiger partial charge in [0, 0.05) is 18.8 Å². The number of H-pyrrole nitrogens is 1. The molecule has 4 N–H and O–H groups in total. The van der Waals surface area contributed by atoms with E-state index < -0.39 is 12.0 Å². The molecule has 0 fully saturated rings. The van der Waals surface area contributed by atoms with Crippen molar-refractivity contribution >= 4 is 12.2 Å². The van der Waals surface area contributed by atoms with E-state index in [1.54, 1.807) is 18.2 Å². The van der Waals surface area contributed by atoms with Gasteiger partial charge in [0.15, 0.2) is 0 Å². The van der Waals surface area contributed by atoms with Crippen LogP contribution in [-0.2, 0) is 6.18 Å². The Morgan fingerprint density at radius 2 is 2.15 bits per heavy atom. The van der Waals surface area contributed by atoms with Crippen molar-refractivity contribution in [3.8, 4) is 0 Å². The van der Waals surface area contributed by atoms with E-state index in [2.05, 4.69) is 15.3 Å². The molecular formula is C13H17F3N4. The molecule has 1 heterocycles. The van der Waals surface area contributed by atoms with Gasteiger partial charge in [0.05, 0.1) is 10.7 Å². The third-order valence-electron chi connectivity index (χ3n) is 2.97. The molecule has 20 heavy (non-hydrogen) atoms. The number of hydrogen-bond donors (Lipinski definition) is 3. The number of imidazole rings is 1. The summed E-state index contributed by atoms with van der Waals surface area (Å²) in [5, 5.41) is 3.91. The number of halogens is 3. The number of fused-ring (bicyclic) bond motifs is 1. The standard InChI is InChI=1S/C13H17F3N4/c14-13(15,16)12-19-10-4-2-1-3-9(18-8-7-17)5-6-11(10)20-12/h4-6,18H,1-3,7-8,17H2,(H,19,20)/b9-5+,10-4+,11-6+. The average molecular weight is 286 g/mol. The molecule has 0 aromatic carbocycles. The van der Waals surface area contributed by atoms with Crippen LogP contribution in [0.4, 0.5) is 13.2 Å². The summed E-state index contributed by atoms with van der Waals surface area (Å²) in [5.41, 5.74) is 6.40. The molecule has 0 bridgehead atoms. The van der Waals surface area contributed by atoms with E-state index in [1.807, 2.05) is 0 Å². The van der Waals surface area contributed by atoms with Crippen LogP contribution in [0.3, 0.4) is 0 Å². The second-order valence-corrected chi connectivity index (χ2v) is 4.55. The van der Waals surface area contributed by atoms with Gasteiger partial charge in [-0.15, -0.1) is 0 Å². The third-order valence-corrected chi connectivity index (χ3v) is 2.97. The van der Waals surface area contributed by atoms with Gasteiger partial charge in [-0.1, -0.05) is 6.08 Å². The summed E-state index contributed by atoms with van der Waals surface area (Å²) in [5.74, 6) is -0.958. The first-order valence-corrected chi connectivity index (χ1v) is 6.49. The molecule has 0 radical (unpaired) electrons. The Morgan fingerprint density at radius 1 is 1.35 bits per heavy atom. The molecule has 1 aliphatic carbocycles. The minimum atomic E-state index is -4.46. The summed E-state index contributed by atoms with van der Waals surface area (Å²) in [6.07, 6.45) is 3.06. The van der Waals surface area contributed by atoms with Crippen molar-refractivity contribution in [1.82, 2.24) is 15.3 Å². The lowest BCUT2D eigenvalue weighted by Crippen LogP contribution is -2.24. The zero-order valence-corrected chi connectivity index (χ0v) is 10.9. The molecule has 0 spiro atoms. The first-order chi connectivity index (χ1) is 9.50. The molecule has 0 amide bonds. The quantitative estimate of drug-likeness (QED) is 0.762. The van der Waals surface area contributed by atoms with Crippen molar-refractivity contribution in [2.75, 3.05) is 13.1 Å². The highest BCUT2D eigenvalue weighted by molar-refractivity contribution is 5.39. The van der Waals surface area contributed by atoms with Crippen molar-refractivity contribution in [2.45, 2.75) is 25.4 Å². The summed E-state index contributed by atoms with van der Waals surface area (Å²) in [6.45, 7) is 1.16. The highest BCUT2D eigenvalue weighted by atomic mass is 19.4. The van der Waals surface area contributed by atoms with Gasteiger partial charge < -0.3 is 16.0 Å². The molecule has 1 aromatic heterocycles. The molecule has 0 atom stereocenters. The minimum absolute atomic E-state index is 0.355. The number of allylic oxidation sites excluding steroid dienone is 2. The smallest absolute Gasteiger partial charge is 0.387 e. The summed E-state index contributed by atoms with van der Waals surface area (Å²) < 4.78 is 37.9. The lowest BCUT2D eigenvalue weighted by molar-refractivity contribution is -0.144. The minimum Gasteiger partial charge on any atom is -0.387 e. The Balaban J connectivity index is 2.39. The number of rotatable bonds is 3. The summed E-state index contributed by atoms with van der Waals surface area (Å²) in [7, 11) is 0. The van der Waals surface area contributed by atoms with Crippen molar-refractivity contribution in [2.24, 2.45) is 5.73 Å². The van der Waals surface area contributed by atoms with Crippen LogP contribution in [0.15, 0.2) is 11.8 Å². The molecule has 1 aliphatic rings. The maximum Gasteiger partial charge on any atom is 0.449 e. The summed E-state index contributed by atoms with van der Waals surface area (Å²) in [6, 6.07) is 0. The number of nitrogens with zero attached hydrogens (tertiary/aromatic N) is 1. The van der Waals surface area contributed by atoms with Gasteiger partial charge in [0.1, 0.15) is 0 Å². The molecular weight excluding hydrogens is 269 g/mol. The van der Waals surface area contributed by atoms with E-state index in [9.17, 15) is 13.2 Å². The first-order valence-electron chi connectivity index (χ1n) is 6.49. The van der Waals surface area contributed by atoms with E-state index in [0.717, 1.165) is 18.5 Å². The van der Waals surface area contributed by atoms with Gasteiger partial charge in [0.25, 0.3) is 0 Å². The van der Waals surface area contributed by atoms with Crippen molar-refractivity contribution < 1.29 is 13.2 Å². The monoisotopic (exact) mass is 286 g/mol. The van der Waals surface area contributed by atoms with Gasteiger partial charge in [-0.3, -0.25) is 0 Å². The van der Waals surface area contributed by atoms with E-state index in [4.69, 9.17) is 5.73 Å². The largest absolute Gasteiger partial charge is 0.449 e. The number of nitrogens with one attached hydrogen (secondary N) is 2. The zero-order valence-electron chi connectivity index (χ0n) is 10.9. The number of aromatic amines is 1. The lowest BCUT2D eigenvalue weighted by atomic mass is 10.2. The van der Waals surface area contributed by atoms with Crippen molar-refractivity contribution in [3.05, 3.63) is 28.3 Å². The van der Waals surface area contributed by atoms with Crippen LogP contribution in [0.25, 0.3) is 12.2 Å². The van der Waals surface area contributed by atoms with Crippen LogP contribution in [0.2, 0.25) is 0 Å². The third kappa shape index (κ3) is 3.63. The molecule has 110 valence electrons. The fourth-order valence-electron chi connectivity index (χ4n) is 2.00. The topological polar surface area (TPSA) is 66.7 Å². The highest BCUT2D eigenvalue weighted by Gasteiger charge is 2.34. The average Bonchev–Trinajstić information content (AvgIpc) is 2.81. The molecule has 0 saturated heterocycles. The molecule has 2 rings (SSSR count). The summed E-state index contributed by atoms with van der Waals surface area (Å²) in [4.78, 5) is 5.94. The number of alkyl halides is 3. The van der Waals surface area contributed by atoms with Crippen LogP contribution in [0.1, 0.15) is 25.1 Å². The fourth-order valence-corrected chi connectivity index (χ4v) is 2.00. The molecule has 0 unspecified atom stereocenters. The normalized spacial score (nSPS) is 21.9. The van der Waals surface area contributed by atoms with E-state index in [-0.39, 0.29) is 0 Å². The molecule has 7 heteroatoms. The van der Waals surface area contributed by atoms with E-state index >= 15 is 0 Å². The Labute approximate surface area is 114 Å². The van der Waals surface area contributed by atoms with Gasteiger partial charge in [0.2, 0.25) is 5.82 Å². The predicted octanol–water partition coefficient (Wildman–Crippen LogP) is 0.606.